The molecule has 1 aliphatic carbocycles. The van der Waals surface area contributed by atoms with Crippen molar-refractivity contribution in [2.75, 3.05) is 5.32 Å². The third-order valence-corrected chi connectivity index (χ3v) is 6.12. The molecule has 2 heterocycles. The molecule has 2 aromatic heterocycles. The SMILES string of the molecule is Cc1sc(-c2noc(C3CCC3)n2)cc1NC(=O)[C@H](C)NC(=O)c1ccccc1. The molecule has 1 fully saturated rings. The molecule has 29 heavy (non-hydrogen) atoms. The fourth-order valence-electron chi connectivity index (χ4n) is 3.05. The molecular formula is C21H22N4O3S. The van der Waals surface area contributed by atoms with Crippen molar-refractivity contribution in [2.45, 2.75) is 45.1 Å². The lowest BCUT2D eigenvalue weighted by atomic mass is 9.85. The molecule has 4 rings (SSSR count). The van der Waals surface area contributed by atoms with Gasteiger partial charge in [0.1, 0.15) is 6.04 Å². The van der Waals surface area contributed by atoms with Gasteiger partial charge in [-0.25, -0.2) is 0 Å². The summed E-state index contributed by atoms with van der Waals surface area (Å²) in [6, 6.07) is 9.98. The second-order valence-corrected chi connectivity index (χ2v) is 8.47. The molecule has 7 nitrogen and oxygen atoms in total. The molecule has 0 aliphatic heterocycles. The molecule has 8 heteroatoms. The smallest absolute Gasteiger partial charge is 0.251 e. The minimum Gasteiger partial charge on any atom is -0.341 e. The summed E-state index contributed by atoms with van der Waals surface area (Å²) in [7, 11) is 0. The van der Waals surface area contributed by atoms with Crippen molar-refractivity contribution in [3.8, 4) is 10.7 Å². The lowest BCUT2D eigenvalue weighted by molar-refractivity contribution is -0.117. The van der Waals surface area contributed by atoms with Gasteiger partial charge in [0.25, 0.3) is 5.91 Å². The lowest BCUT2D eigenvalue weighted by Crippen LogP contribution is -2.41. The van der Waals surface area contributed by atoms with E-state index < -0.39 is 6.04 Å². The molecule has 2 amide bonds. The number of aryl methyl sites for hydroxylation is 1. The Morgan fingerprint density at radius 2 is 2.00 bits per heavy atom. The normalized spacial score (nSPS) is 14.8. The first-order valence-corrected chi connectivity index (χ1v) is 10.4. The van der Waals surface area contributed by atoms with Crippen LogP contribution in [0, 0.1) is 6.92 Å². The molecule has 0 unspecified atom stereocenters. The first-order valence-electron chi connectivity index (χ1n) is 9.62. The number of amides is 2. The number of hydrogen-bond acceptors (Lipinski definition) is 6. The number of thiophene rings is 1. The first kappa shape index (κ1) is 19.3. The molecule has 2 N–H and O–H groups in total. The van der Waals surface area contributed by atoms with E-state index in [1.807, 2.05) is 19.1 Å². The Balaban J connectivity index is 1.40. The summed E-state index contributed by atoms with van der Waals surface area (Å²) in [5.74, 6) is 1.05. The Hall–Kier alpha value is -3.00. The maximum atomic E-state index is 12.5. The summed E-state index contributed by atoms with van der Waals surface area (Å²) >= 11 is 1.50. The highest BCUT2D eigenvalue weighted by molar-refractivity contribution is 7.16. The number of anilines is 1. The van der Waals surface area contributed by atoms with Crippen LogP contribution in [0.2, 0.25) is 0 Å². The van der Waals surface area contributed by atoms with Crippen molar-refractivity contribution in [3.05, 3.63) is 52.7 Å². The Kier molecular flexibility index (Phi) is 5.44. The monoisotopic (exact) mass is 410 g/mol. The Bertz CT molecular complexity index is 1020. The highest BCUT2D eigenvalue weighted by Gasteiger charge is 2.26. The van der Waals surface area contributed by atoms with Crippen LogP contribution in [0.4, 0.5) is 5.69 Å². The van der Waals surface area contributed by atoms with Crippen molar-refractivity contribution in [1.29, 1.82) is 0 Å². The van der Waals surface area contributed by atoms with Crippen LogP contribution in [0.3, 0.4) is 0 Å². The molecule has 1 aromatic carbocycles. The standard InChI is InChI=1S/C21H22N4O3S/c1-12(22-20(27)14-7-4-3-5-8-14)19(26)23-16-11-17(29-13(16)2)18-24-21(28-25-18)15-9-6-10-15/h3-5,7-8,11-12,15H,6,9-10H2,1-2H3,(H,22,27)(H,23,26)/t12-/m0/s1. The second kappa shape index (κ2) is 8.16. The summed E-state index contributed by atoms with van der Waals surface area (Å²) in [5, 5.41) is 9.68. The molecule has 1 aliphatic rings. The molecule has 3 aromatic rings. The quantitative estimate of drug-likeness (QED) is 0.637. The van der Waals surface area contributed by atoms with Crippen molar-refractivity contribution >= 4 is 28.8 Å². The average molecular weight is 410 g/mol. The highest BCUT2D eigenvalue weighted by atomic mass is 32.1. The zero-order chi connectivity index (χ0) is 20.4. The third kappa shape index (κ3) is 4.22. The topological polar surface area (TPSA) is 97.1 Å². The van der Waals surface area contributed by atoms with Crippen LogP contribution in [0.1, 0.15) is 53.2 Å². The van der Waals surface area contributed by atoms with Crippen LogP contribution in [-0.4, -0.2) is 28.0 Å². The van der Waals surface area contributed by atoms with E-state index >= 15 is 0 Å². The van der Waals surface area contributed by atoms with Crippen LogP contribution in [0.15, 0.2) is 40.9 Å². The second-order valence-electron chi connectivity index (χ2n) is 7.21. The minimum atomic E-state index is -0.680. The number of rotatable bonds is 6. The number of hydrogen-bond donors (Lipinski definition) is 2. The van der Waals surface area contributed by atoms with Crippen molar-refractivity contribution in [1.82, 2.24) is 15.5 Å². The Labute approximate surface area is 172 Å². The van der Waals surface area contributed by atoms with E-state index in [1.54, 1.807) is 31.2 Å². The van der Waals surface area contributed by atoms with Gasteiger partial charge in [0.2, 0.25) is 17.6 Å². The van der Waals surface area contributed by atoms with Crippen LogP contribution in [0.5, 0.6) is 0 Å². The van der Waals surface area contributed by atoms with Crippen molar-refractivity contribution in [3.63, 3.8) is 0 Å². The molecule has 1 atom stereocenters. The summed E-state index contributed by atoms with van der Waals surface area (Å²) in [6.07, 6.45) is 3.40. The molecule has 150 valence electrons. The third-order valence-electron chi connectivity index (χ3n) is 5.07. The van der Waals surface area contributed by atoms with E-state index in [0.717, 1.165) is 22.6 Å². The number of nitrogens with zero attached hydrogens (tertiary/aromatic N) is 2. The Morgan fingerprint density at radius 1 is 1.24 bits per heavy atom. The van der Waals surface area contributed by atoms with Gasteiger partial charge in [0, 0.05) is 16.4 Å². The zero-order valence-electron chi connectivity index (χ0n) is 16.3. The molecule has 0 saturated heterocycles. The van der Waals surface area contributed by atoms with E-state index in [9.17, 15) is 9.59 Å². The highest BCUT2D eigenvalue weighted by Crippen LogP contribution is 2.38. The van der Waals surface area contributed by atoms with Crippen molar-refractivity contribution < 1.29 is 14.1 Å². The first-order chi connectivity index (χ1) is 14.0. The van der Waals surface area contributed by atoms with Gasteiger partial charge in [0.15, 0.2) is 0 Å². The predicted molar refractivity (Wildman–Crippen MR) is 111 cm³/mol. The fraction of sp³-hybridized carbons (Fsp3) is 0.333. The van der Waals surface area contributed by atoms with Crippen LogP contribution < -0.4 is 10.6 Å². The van der Waals surface area contributed by atoms with Gasteiger partial charge in [-0.1, -0.05) is 29.8 Å². The van der Waals surface area contributed by atoms with Crippen LogP contribution >= 0.6 is 11.3 Å². The van der Waals surface area contributed by atoms with Crippen LogP contribution in [-0.2, 0) is 4.79 Å². The van der Waals surface area contributed by atoms with Gasteiger partial charge in [0.05, 0.1) is 10.6 Å². The maximum Gasteiger partial charge on any atom is 0.251 e. The van der Waals surface area contributed by atoms with E-state index in [-0.39, 0.29) is 11.8 Å². The van der Waals surface area contributed by atoms with E-state index in [4.69, 9.17) is 4.52 Å². The summed E-state index contributed by atoms with van der Waals surface area (Å²) in [5.41, 5.74) is 1.20. The summed E-state index contributed by atoms with van der Waals surface area (Å²) in [6.45, 7) is 3.58. The summed E-state index contributed by atoms with van der Waals surface area (Å²) in [4.78, 5) is 31.1. The number of carbonyl (C=O) groups excluding carboxylic acids is 2. The van der Waals surface area contributed by atoms with Crippen LogP contribution in [0.25, 0.3) is 10.7 Å². The number of carbonyl (C=O) groups is 2. The van der Waals surface area contributed by atoms with Gasteiger partial charge in [-0.2, -0.15) is 4.98 Å². The molecule has 0 bridgehead atoms. The minimum absolute atomic E-state index is 0.286. The largest absolute Gasteiger partial charge is 0.341 e. The molecular weight excluding hydrogens is 388 g/mol. The fourth-order valence-corrected chi connectivity index (χ4v) is 3.95. The van der Waals surface area contributed by atoms with E-state index in [2.05, 4.69) is 20.8 Å². The van der Waals surface area contributed by atoms with Gasteiger partial charge >= 0.3 is 0 Å². The number of nitrogens with one attached hydrogen (secondary N) is 2. The number of aromatic nitrogens is 2. The van der Waals surface area contributed by atoms with Gasteiger partial charge in [-0.05, 0) is 44.9 Å². The Morgan fingerprint density at radius 3 is 2.69 bits per heavy atom. The van der Waals surface area contributed by atoms with Gasteiger partial charge < -0.3 is 15.2 Å². The maximum absolute atomic E-state index is 12.5. The predicted octanol–water partition coefficient (Wildman–Crippen LogP) is 4.13. The lowest BCUT2D eigenvalue weighted by Gasteiger charge is -2.20. The average Bonchev–Trinajstić information content (AvgIpc) is 3.28. The number of benzene rings is 1. The molecule has 1 saturated carbocycles. The molecule has 0 spiro atoms. The van der Waals surface area contributed by atoms with E-state index in [1.165, 1.54) is 17.8 Å². The summed E-state index contributed by atoms with van der Waals surface area (Å²) < 4.78 is 5.39. The van der Waals surface area contributed by atoms with Gasteiger partial charge in [-0.15, -0.1) is 11.3 Å². The van der Waals surface area contributed by atoms with E-state index in [0.29, 0.717) is 28.9 Å². The van der Waals surface area contributed by atoms with Crippen molar-refractivity contribution in [2.24, 2.45) is 0 Å². The molecule has 0 radical (unpaired) electrons. The van der Waals surface area contributed by atoms with Gasteiger partial charge in [-0.3, -0.25) is 9.59 Å². The zero-order valence-corrected chi connectivity index (χ0v) is 17.1.